The fraction of sp³-hybridized carbons (Fsp3) is 0.0588. The molecule has 0 aliphatic carbocycles. The number of fused-ring (bicyclic) bond motifs is 1. The fourth-order valence-corrected chi connectivity index (χ4v) is 2.76. The molecule has 0 bridgehead atoms. The molecule has 4 aromatic rings. The minimum Gasteiger partial charge on any atom is -0.403 e. The Bertz CT molecular complexity index is 1160. The second kappa shape index (κ2) is 5.54. The van der Waals surface area contributed by atoms with Crippen molar-refractivity contribution in [2.75, 3.05) is 0 Å². The summed E-state index contributed by atoms with van der Waals surface area (Å²) in [6.45, 7) is 1.91. The first-order valence-corrected chi connectivity index (χ1v) is 7.70. The van der Waals surface area contributed by atoms with E-state index in [9.17, 15) is 4.79 Å². The summed E-state index contributed by atoms with van der Waals surface area (Å²) >= 11 is 5.29. The van der Waals surface area contributed by atoms with Crippen LogP contribution in [0.4, 0.5) is 0 Å². The van der Waals surface area contributed by atoms with Gasteiger partial charge in [-0.15, -0.1) is 9.61 Å². The maximum Gasteiger partial charge on any atom is 0.360 e. The van der Waals surface area contributed by atoms with Crippen LogP contribution in [0.3, 0.4) is 0 Å². The summed E-state index contributed by atoms with van der Waals surface area (Å²) in [5, 5.41) is 4.25. The third-order valence-corrected chi connectivity index (χ3v) is 3.97. The zero-order chi connectivity index (χ0) is 16.7. The summed E-state index contributed by atoms with van der Waals surface area (Å²) in [4.78, 5) is 17.1. The lowest BCUT2D eigenvalue weighted by molar-refractivity contribution is 0.594. The van der Waals surface area contributed by atoms with E-state index in [4.69, 9.17) is 16.6 Å². The Kier molecular flexibility index (Phi) is 3.35. The summed E-state index contributed by atoms with van der Waals surface area (Å²) in [7, 11) is 0. The predicted octanol–water partition coefficient (Wildman–Crippen LogP) is 3.18. The molecule has 0 amide bonds. The monoisotopic (exact) mass is 336 g/mol. The third-order valence-electron chi connectivity index (χ3n) is 3.69. The van der Waals surface area contributed by atoms with Crippen LogP contribution in [0.15, 0.2) is 63.8 Å². The van der Waals surface area contributed by atoms with Gasteiger partial charge in [-0.1, -0.05) is 36.4 Å². The molecular weight excluding hydrogens is 324 g/mol. The number of benzene rings is 2. The van der Waals surface area contributed by atoms with Crippen molar-refractivity contribution in [3.8, 4) is 17.1 Å². The van der Waals surface area contributed by atoms with E-state index >= 15 is 0 Å². The van der Waals surface area contributed by atoms with Gasteiger partial charge in [0, 0.05) is 5.56 Å². The van der Waals surface area contributed by atoms with Crippen LogP contribution in [0, 0.1) is 11.7 Å². The first kappa shape index (κ1) is 14.5. The zero-order valence-electron chi connectivity index (χ0n) is 12.7. The summed E-state index contributed by atoms with van der Waals surface area (Å²) in [5.41, 5.74) is 1.94. The van der Waals surface area contributed by atoms with E-state index in [-0.39, 0.29) is 10.6 Å². The van der Waals surface area contributed by atoms with E-state index in [2.05, 4.69) is 10.1 Å². The first-order chi connectivity index (χ1) is 11.6. The molecule has 4 rings (SSSR count). The molecule has 0 atom stereocenters. The molecule has 0 N–H and O–H groups in total. The van der Waals surface area contributed by atoms with Crippen LogP contribution in [0.5, 0.6) is 0 Å². The van der Waals surface area contributed by atoms with Crippen LogP contribution >= 0.6 is 12.2 Å². The predicted molar refractivity (Wildman–Crippen MR) is 91.9 cm³/mol. The van der Waals surface area contributed by atoms with Gasteiger partial charge < -0.3 is 4.42 Å². The Morgan fingerprint density at radius 2 is 1.75 bits per heavy atom. The van der Waals surface area contributed by atoms with E-state index in [1.807, 2.05) is 61.5 Å². The molecule has 0 radical (unpaired) electrons. The first-order valence-electron chi connectivity index (χ1n) is 7.29. The van der Waals surface area contributed by atoms with Gasteiger partial charge in [-0.05, 0) is 42.9 Å². The van der Waals surface area contributed by atoms with Gasteiger partial charge in [0.15, 0.2) is 0 Å². The van der Waals surface area contributed by atoms with Gasteiger partial charge in [-0.3, -0.25) is 0 Å². The van der Waals surface area contributed by atoms with Gasteiger partial charge in [-0.2, -0.15) is 4.98 Å². The molecule has 2 aromatic heterocycles. The standard InChI is InChI=1S/C17H12N4O2S/c1-11-7-5-6-10-13(11)20-16(24)18-15-21(17(20)22)19-14(23-15)12-8-3-2-4-9-12/h2-10H,1H3. The van der Waals surface area contributed by atoms with E-state index in [0.717, 1.165) is 15.6 Å². The summed E-state index contributed by atoms with van der Waals surface area (Å²) in [6, 6.07) is 16.8. The number of rotatable bonds is 2. The second-order valence-electron chi connectivity index (χ2n) is 5.27. The van der Waals surface area contributed by atoms with Gasteiger partial charge in [0.25, 0.3) is 0 Å². The molecule has 0 aliphatic rings. The van der Waals surface area contributed by atoms with Crippen LogP contribution in [-0.2, 0) is 0 Å². The molecule has 0 aliphatic heterocycles. The van der Waals surface area contributed by atoms with Gasteiger partial charge >= 0.3 is 11.5 Å². The van der Waals surface area contributed by atoms with Crippen molar-refractivity contribution < 1.29 is 4.42 Å². The van der Waals surface area contributed by atoms with Crippen molar-refractivity contribution >= 4 is 18.1 Å². The van der Waals surface area contributed by atoms with Gasteiger partial charge in [0.1, 0.15) is 0 Å². The highest BCUT2D eigenvalue weighted by atomic mass is 32.1. The van der Waals surface area contributed by atoms with Crippen LogP contribution in [0.25, 0.3) is 23.0 Å². The molecule has 2 heterocycles. The Hall–Kier alpha value is -3.06. The quantitative estimate of drug-likeness (QED) is 0.526. The molecule has 0 spiro atoms. The van der Waals surface area contributed by atoms with Crippen molar-refractivity contribution in [1.29, 1.82) is 0 Å². The molecule has 0 unspecified atom stereocenters. The molecule has 0 saturated heterocycles. The molecular formula is C17H12N4O2S. The SMILES string of the molecule is Cc1ccccc1-n1c(=S)nc2oc(-c3ccccc3)nn2c1=O. The summed E-state index contributed by atoms with van der Waals surface area (Å²) < 4.78 is 8.21. The number of hydrogen-bond acceptors (Lipinski definition) is 5. The summed E-state index contributed by atoms with van der Waals surface area (Å²) in [6.07, 6.45) is 0. The Morgan fingerprint density at radius 1 is 1.04 bits per heavy atom. The largest absolute Gasteiger partial charge is 0.403 e. The lowest BCUT2D eigenvalue weighted by atomic mass is 10.2. The molecule has 6 nitrogen and oxygen atoms in total. The second-order valence-corrected chi connectivity index (χ2v) is 5.63. The molecule has 7 heteroatoms. The van der Waals surface area contributed by atoms with Crippen LogP contribution in [0.1, 0.15) is 5.56 Å². The zero-order valence-corrected chi connectivity index (χ0v) is 13.5. The number of para-hydroxylation sites is 1. The molecule has 0 saturated carbocycles. The number of nitrogens with zero attached hydrogens (tertiary/aromatic N) is 4. The van der Waals surface area contributed by atoms with Gasteiger partial charge in [0.05, 0.1) is 5.69 Å². The highest BCUT2D eigenvalue weighted by molar-refractivity contribution is 7.71. The lowest BCUT2D eigenvalue weighted by Crippen LogP contribution is -2.28. The van der Waals surface area contributed by atoms with Gasteiger partial charge in [-0.25, -0.2) is 9.36 Å². The third kappa shape index (κ3) is 2.26. The molecule has 0 fully saturated rings. The van der Waals surface area contributed by atoms with Crippen molar-refractivity contribution in [2.24, 2.45) is 0 Å². The van der Waals surface area contributed by atoms with E-state index < -0.39 is 5.69 Å². The van der Waals surface area contributed by atoms with Crippen LogP contribution in [-0.4, -0.2) is 19.2 Å². The Morgan fingerprint density at radius 3 is 2.50 bits per heavy atom. The molecule has 118 valence electrons. The average molecular weight is 336 g/mol. The number of aryl methyl sites for hydroxylation is 1. The minimum absolute atomic E-state index is 0.0775. The van der Waals surface area contributed by atoms with Crippen molar-refractivity contribution in [2.45, 2.75) is 6.92 Å². The lowest BCUT2D eigenvalue weighted by Gasteiger charge is -2.07. The van der Waals surface area contributed by atoms with E-state index in [0.29, 0.717) is 11.6 Å². The highest BCUT2D eigenvalue weighted by Gasteiger charge is 2.15. The Labute approximate surface area is 141 Å². The smallest absolute Gasteiger partial charge is 0.360 e. The van der Waals surface area contributed by atoms with Crippen molar-refractivity contribution in [3.63, 3.8) is 0 Å². The maximum absolute atomic E-state index is 12.8. The highest BCUT2D eigenvalue weighted by Crippen LogP contribution is 2.18. The number of aromatic nitrogens is 4. The van der Waals surface area contributed by atoms with E-state index in [1.54, 1.807) is 0 Å². The van der Waals surface area contributed by atoms with E-state index in [1.165, 1.54) is 4.57 Å². The van der Waals surface area contributed by atoms with Crippen molar-refractivity contribution in [1.82, 2.24) is 19.2 Å². The van der Waals surface area contributed by atoms with Crippen LogP contribution < -0.4 is 5.69 Å². The van der Waals surface area contributed by atoms with Crippen molar-refractivity contribution in [3.05, 3.63) is 75.4 Å². The summed E-state index contributed by atoms with van der Waals surface area (Å²) in [5.74, 6) is 0.394. The normalized spacial score (nSPS) is 11.0. The molecule has 24 heavy (non-hydrogen) atoms. The van der Waals surface area contributed by atoms with Gasteiger partial charge in [0.2, 0.25) is 10.7 Å². The van der Waals surface area contributed by atoms with Crippen LogP contribution in [0.2, 0.25) is 0 Å². The molecule has 2 aromatic carbocycles. The fourth-order valence-electron chi connectivity index (χ4n) is 2.50. The Balaban J connectivity index is 2.01. The number of hydrogen-bond donors (Lipinski definition) is 0. The average Bonchev–Trinajstić information content (AvgIpc) is 3.01. The maximum atomic E-state index is 12.8. The minimum atomic E-state index is -0.412. The topological polar surface area (TPSA) is 65.3 Å².